The maximum Gasteiger partial charge on any atom is 0.330 e. The highest BCUT2D eigenvalue weighted by Crippen LogP contribution is 2.27. The van der Waals surface area contributed by atoms with Crippen molar-refractivity contribution in [2.24, 2.45) is 20.0 Å². The summed E-state index contributed by atoms with van der Waals surface area (Å²) < 4.78 is 11.0. The molecule has 0 spiro atoms. The van der Waals surface area contributed by atoms with Crippen molar-refractivity contribution in [3.05, 3.63) is 15.1 Å². The first kappa shape index (κ1) is 26.6. The van der Waals surface area contributed by atoms with Crippen molar-refractivity contribution in [1.82, 2.24) is 18.7 Å². The van der Waals surface area contributed by atoms with Gasteiger partial charge in [-0.15, -0.1) is 0 Å². The molecular weight excluding hydrogens is 448 g/mol. The van der Waals surface area contributed by atoms with Gasteiger partial charge < -0.3 is 14.4 Å². The highest BCUT2D eigenvalue weighted by Gasteiger charge is 2.18. The molecule has 0 aromatic carbocycles. The van der Waals surface area contributed by atoms with E-state index in [0.29, 0.717) is 29.2 Å². The topological polar surface area (TPSA) is 91.3 Å². The number of thioether (sulfide) groups is 1. The van der Waals surface area contributed by atoms with Gasteiger partial charge in [-0.1, -0.05) is 44.2 Å². The number of aromatic nitrogens is 4. The second-order valence-electron chi connectivity index (χ2n) is 8.09. The number of aryl methyl sites for hydroxylation is 2. The van der Waals surface area contributed by atoms with Gasteiger partial charge >= 0.3 is 11.7 Å². The Morgan fingerprint density at radius 1 is 1.19 bits per heavy atom. The molecular formula is C22H36N4O4S2. The third-order valence-electron chi connectivity index (χ3n) is 5.67. The number of nitrogens with zero attached hydrogens (tertiary/aromatic N) is 4. The Labute approximate surface area is 199 Å². The molecule has 0 saturated carbocycles. The number of rotatable bonds is 15. The molecule has 10 heteroatoms. The molecule has 1 atom stereocenters. The fraction of sp³-hybridized carbons (Fsp3) is 0.727. The number of ether oxygens (including phenoxy) is 1. The van der Waals surface area contributed by atoms with Gasteiger partial charge in [-0.25, -0.2) is 9.78 Å². The monoisotopic (exact) mass is 484 g/mol. The van der Waals surface area contributed by atoms with Crippen LogP contribution in [0.5, 0.6) is 0 Å². The third kappa shape index (κ3) is 6.92. The van der Waals surface area contributed by atoms with Crippen molar-refractivity contribution in [2.75, 3.05) is 19.0 Å². The van der Waals surface area contributed by atoms with Crippen LogP contribution in [0, 0.1) is 10.6 Å². The van der Waals surface area contributed by atoms with E-state index in [1.54, 1.807) is 25.9 Å². The Balaban J connectivity index is 2.13. The van der Waals surface area contributed by atoms with Gasteiger partial charge in [0.15, 0.2) is 10.8 Å². The number of fused-ring (bicyclic) bond motifs is 1. The molecule has 2 rings (SSSR count). The van der Waals surface area contributed by atoms with Crippen molar-refractivity contribution >= 4 is 41.1 Å². The van der Waals surface area contributed by atoms with Crippen molar-refractivity contribution in [1.29, 1.82) is 0 Å². The molecule has 180 valence electrons. The van der Waals surface area contributed by atoms with E-state index in [-0.39, 0.29) is 12.1 Å². The van der Waals surface area contributed by atoms with Crippen LogP contribution in [0.1, 0.15) is 58.8 Å². The van der Waals surface area contributed by atoms with Crippen LogP contribution in [0.15, 0.2) is 9.95 Å². The van der Waals surface area contributed by atoms with Crippen LogP contribution in [0.4, 0.5) is 0 Å². The molecule has 0 fully saturated rings. The van der Waals surface area contributed by atoms with Crippen LogP contribution >= 0.6 is 24.0 Å². The van der Waals surface area contributed by atoms with E-state index < -0.39 is 5.97 Å². The molecule has 0 aliphatic heterocycles. The lowest BCUT2D eigenvalue weighted by Gasteiger charge is -2.14. The fourth-order valence-electron chi connectivity index (χ4n) is 3.72. The van der Waals surface area contributed by atoms with Crippen molar-refractivity contribution in [3.8, 4) is 0 Å². The van der Waals surface area contributed by atoms with Crippen LogP contribution in [-0.2, 0) is 30.2 Å². The SMILES string of the molecule is CCCOCCC(CC)CCCSc1nc2c(c(=S)n(C)c(=O)n2C)n1CCCC(=O)O. The van der Waals surface area contributed by atoms with Crippen LogP contribution in [0.2, 0.25) is 0 Å². The van der Waals surface area contributed by atoms with Crippen molar-refractivity contribution < 1.29 is 14.6 Å². The van der Waals surface area contributed by atoms with Crippen molar-refractivity contribution in [2.45, 2.75) is 70.5 Å². The molecule has 8 nitrogen and oxygen atoms in total. The standard InChI is InChI=1S/C22H36N4O4S2/c1-5-13-30-14-11-16(6-2)9-8-15-32-21-23-19-18(26(21)12-7-10-17(27)28)20(31)25(4)22(29)24(19)3/h16H,5-15H2,1-4H3,(H,27,28). The van der Waals surface area contributed by atoms with Gasteiger partial charge in [0.1, 0.15) is 10.2 Å². The Morgan fingerprint density at radius 3 is 2.59 bits per heavy atom. The number of carboxylic acid groups (broad SMARTS) is 1. The zero-order chi connectivity index (χ0) is 23.7. The first-order chi connectivity index (χ1) is 15.3. The average molecular weight is 485 g/mol. The molecule has 0 saturated heterocycles. The summed E-state index contributed by atoms with van der Waals surface area (Å²) in [7, 11) is 3.34. The molecule has 32 heavy (non-hydrogen) atoms. The van der Waals surface area contributed by atoms with Crippen LogP contribution in [0.3, 0.4) is 0 Å². The molecule has 0 aliphatic rings. The van der Waals surface area contributed by atoms with E-state index in [1.165, 1.54) is 9.13 Å². The molecule has 2 aromatic heterocycles. The van der Waals surface area contributed by atoms with E-state index in [9.17, 15) is 9.59 Å². The Kier molecular flexibility index (Phi) is 10.9. The second kappa shape index (κ2) is 13.2. The summed E-state index contributed by atoms with van der Waals surface area (Å²) in [5.74, 6) is 0.733. The second-order valence-corrected chi connectivity index (χ2v) is 9.54. The van der Waals surface area contributed by atoms with Crippen molar-refractivity contribution in [3.63, 3.8) is 0 Å². The average Bonchev–Trinajstić information content (AvgIpc) is 3.13. The molecule has 2 aromatic rings. The number of hydrogen-bond acceptors (Lipinski definition) is 6. The number of carboxylic acids is 1. The first-order valence-corrected chi connectivity index (χ1v) is 12.8. The number of imidazole rings is 1. The van der Waals surface area contributed by atoms with Crippen LogP contribution in [-0.4, -0.2) is 48.7 Å². The van der Waals surface area contributed by atoms with Gasteiger partial charge in [0.25, 0.3) is 0 Å². The predicted molar refractivity (Wildman–Crippen MR) is 131 cm³/mol. The van der Waals surface area contributed by atoms with Crippen LogP contribution < -0.4 is 5.69 Å². The normalized spacial score (nSPS) is 12.5. The lowest BCUT2D eigenvalue weighted by atomic mass is 9.98. The van der Waals surface area contributed by atoms with Gasteiger partial charge in [0.05, 0.1) is 0 Å². The minimum Gasteiger partial charge on any atom is -0.481 e. The largest absolute Gasteiger partial charge is 0.481 e. The van der Waals surface area contributed by atoms with E-state index in [0.717, 1.165) is 61.7 Å². The van der Waals surface area contributed by atoms with Gasteiger partial charge in [0.2, 0.25) is 0 Å². The zero-order valence-electron chi connectivity index (χ0n) is 19.6. The minimum absolute atomic E-state index is 0.0761. The van der Waals surface area contributed by atoms with Crippen LogP contribution in [0.25, 0.3) is 11.2 Å². The Morgan fingerprint density at radius 2 is 1.94 bits per heavy atom. The summed E-state index contributed by atoms with van der Waals surface area (Å²) in [6, 6.07) is 0. The third-order valence-corrected chi connectivity index (χ3v) is 7.20. The summed E-state index contributed by atoms with van der Waals surface area (Å²) in [6.45, 7) is 6.50. The maximum absolute atomic E-state index is 12.4. The van der Waals surface area contributed by atoms with Gasteiger partial charge in [-0.05, 0) is 38.0 Å². The summed E-state index contributed by atoms with van der Waals surface area (Å²) >= 11 is 7.19. The molecule has 1 unspecified atom stereocenters. The summed E-state index contributed by atoms with van der Waals surface area (Å²) in [5.41, 5.74) is 1.05. The van der Waals surface area contributed by atoms with Gasteiger partial charge in [-0.2, -0.15) is 0 Å². The van der Waals surface area contributed by atoms with E-state index in [1.807, 2.05) is 4.57 Å². The Bertz CT molecular complexity index is 1010. The maximum atomic E-state index is 12.4. The van der Waals surface area contributed by atoms with E-state index >= 15 is 0 Å². The predicted octanol–water partition coefficient (Wildman–Crippen LogP) is 4.38. The molecule has 2 heterocycles. The summed E-state index contributed by atoms with van der Waals surface area (Å²) in [4.78, 5) is 28.2. The van der Waals surface area contributed by atoms with Gasteiger partial charge in [-0.3, -0.25) is 13.9 Å². The molecule has 0 aliphatic carbocycles. The first-order valence-electron chi connectivity index (χ1n) is 11.4. The quantitative estimate of drug-likeness (QED) is 0.228. The molecule has 0 bridgehead atoms. The summed E-state index contributed by atoms with van der Waals surface area (Å²) in [5, 5.41) is 9.82. The number of hydrogen-bond donors (Lipinski definition) is 1. The fourth-order valence-corrected chi connectivity index (χ4v) is 4.98. The number of carbonyl (C=O) groups is 1. The minimum atomic E-state index is -0.825. The highest BCUT2D eigenvalue weighted by molar-refractivity contribution is 7.99. The lowest BCUT2D eigenvalue weighted by Crippen LogP contribution is -2.28. The van der Waals surface area contributed by atoms with E-state index in [4.69, 9.17) is 27.0 Å². The lowest BCUT2D eigenvalue weighted by molar-refractivity contribution is -0.137. The van der Waals surface area contributed by atoms with Gasteiger partial charge in [0, 0.05) is 46.0 Å². The molecule has 0 radical (unpaired) electrons. The molecule has 1 N–H and O–H groups in total. The van der Waals surface area contributed by atoms with E-state index in [2.05, 4.69) is 13.8 Å². The zero-order valence-corrected chi connectivity index (χ0v) is 21.3. The number of aliphatic carboxylic acids is 1. The highest BCUT2D eigenvalue weighted by atomic mass is 32.2. The Hall–Kier alpha value is -1.65. The smallest absolute Gasteiger partial charge is 0.330 e. The molecule has 0 amide bonds. The summed E-state index contributed by atoms with van der Waals surface area (Å²) in [6.07, 6.45) is 6.04.